The predicted molar refractivity (Wildman–Crippen MR) is 119 cm³/mol. The predicted octanol–water partition coefficient (Wildman–Crippen LogP) is 2.83. The van der Waals surface area contributed by atoms with Crippen LogP contribution < -0.4 is 15.1 Å². The van der Waals surface area contributed by atoms with E-state index < -0.39 is 0 Å². The van der Waals surface area contributed by atoms with E-state index >= 15 is 0 Å². The highest BCUT2D eigenvalue weighted by Crippen LogP contribution is 2.30. The van der Waals surface area contributed by atoms with Crippen molar-refractivity contribution >= 4 is 55.6 Å². The van der Waals surface area contributed by atoms with E-state index in [9.17, 15) is 4.79 Å². The van der Waals surface area contributed by atoms with E-state index in [1.165, 1.54) is 16.2 Å². The minimum absolute atomic E-state index is 0.241. The van der Waals surface area contributed by atoms with Gasteiger partial charge >= 0.3 is 0 Å². The molecule has 1 N–H and O–H groups in total. The second-order valence-corrected chi connectivity index (χ2v) is 8.92. The van der Waals surface area contributed by atoms with Crippen LogP contribution in [0.1, 0.15) is 15.2 Å². The molecule has 5 heterocycles. The fourth-order valence-corrected chi connectivity index (χ4v) is 4.75. The lowest BCUT2D eigenvalue weighted by Gasteiger charge is -2.36. The maximum Gasteiger partial charge on any atom is 0.259 e. The van der Waals surface area contributed by atoms with Gasteiger partial charge in [-0.2, -0.15) is 0 Å². The Morgan fingerprint density at radius 1 is 1.10 bits per heavy atom. The summed E-state index contributed by atoms with van der Waals surface area (Å²) in [6.45, 7) is 5.46. The first-order valence-corrected chi connectivity index (χ1v) is 11.1. The van der Waals surface area contributed by atoms with E-state index in [1.54, 1.807) is 35.4 Å². The summed E-state index contributed by atoms with van der Waals surface area (Å²) in [6.07, 6.45) is 3.24. The van der Waals surface area contributed by atoms with Gasteiger partial charge in [-0.1, -0.05) is 11.3 Å². The average Bonchev–Trinajstić information content (AvgIpc) is 3.42. The zero-order valence-electron chi connectivity index (χ0n) is 16.1. The second kappa shape index (κ2) is 7.92. The minimum Gasteiger partial charge on any atom is -0.353 e. The summed E-state index contributed by atoms with van der Waals surface area (Å²) in [5.41, 5.74) is 2.06. The van der Waals surface area contributed by atoms with E-state index in [1.807, 2.05) is 6.07 Å². The fraction of sp³-hybridized carbons (Fsp3) is 0.263. The number of hydrogen-bond donors (Lipinski definition) is 1. The number of amides is 1. The Morgan fingerprint density at radius 2 is 1.93 bits per heavy atom. The summed E-state index contributed by atoms with van der Waals surface area (Å²) < 4.78 is 0. The summed E-state index contributed by atoms with van der Waals surface area (Å²) >= 11 is 2.97. The highest BCUT2D eigenvalue weighted by atomic mass is 32.1. The molecule has 0 radical (unpaired) electrons. The number of aryl methyl sites for hydroxylation is 1. The molecule has 5 rings (SSSR count). The highest BCUT2D eigenvalue weighted by molar-refractivity contribution is 7.18. The van der Waals surface area contributed by atoms with Crippen molar-refractivity contribution in [2.45, 2.75) is 6.92 Å². The fourth-order valence-electron chi connectivity index (χ4n) is 3.47. The SMILES string of the molecule is Cc1cc2c(N3CCN(c4ccc(C(=O)Nc5nncs5)cn4)CC3)ncnc2s1. The van der Waals surface area contributed by atoms with Crippen LogP contribution in [-0.4, -0.2) is 57.2 Å². The van der Waals surface area contributed by atoms with Gasteiger partial charge in [0.25, 0.3) is 5.91 Å². The molecule has 0 aliphatic carbocycles. The zero-order chi connectivity index (χ0) is 20.5. The number of thiophene rings is 1. The van der Waals surface area contributed by atoms with Gasteiger partial charge in [-0.15, -0.1) is 21.5 Å². The van der Waals surface area contributed by atoms with Crippen LogP contribution in [0.5, 0.6) is 0 Å². The van der Waals surface area contributed by atoms with Gasteiger partial charge in [0, 0.05) is 37.3 Å². The van der Waals surface area contributed by atoms with Gasteiger partial charge < -0.3 is 9.80 Å². The standard InChI is InChI=1S/C19H18N8OS2/c1-12-8-14-16(21-10-22-18(14)30-12)27-6-4-26(5-7-27)15-3-2-13(9-20-15)17(28)24-19-25-23-11-29-19/h2-3,8-11H,4-7H2,1H3,(H,24,25,28). The third-order valence-electron chi connectivity index (χ3n) is 4.93. The molecule has 4 aromatic rings. The smallest absolute Gasteiger partial charge is 0.259 e. The van der Waals surface area contributed by atoms with Gasteiger partial charge in [-0.3, -0.25) is 10.1 Å². The van der Waals surface area contributed by atoms with Crippen molar-refractivity contribution in [3.63, 3.8) is 0 Å². The van der Waals surface area contributed by atoms with Crippen molar-refractivity contribution in [3.05, 3.63) is 46.7 Å². The van der Waals surface area contributed by atoms with Gasteiger partial charge in [0.2, 0.25) is 5.13 Å². The monoisotopic (exact) mass is 438 g/mol. The van der Waals surface area contributed by atoms with Gasteiger partial charge in [0.05, 0.1) is 10.9 Å². The normalized spacial score (nSPS) is 14.3. The number of pyridine rings is 1. The van der Waals surface area contributed by atoms with Crippen molar-refractivity contribution in [1.29, 1.82) is 0 Å². The summed E-state index contributed by atoms with van der Waals surface area (Å²) in [5, 5.41) is 11.8. The van der Waals surface area contributed by atoms with Crippen LogP contribution in [0, 0.1) is 6.92 Å². The molecule has 1 saturated heterocycles. The molecule has 30 heavy (non-hydrogen) atoms. The number of piperazine rings is 1. The molecule has 1 aliphatic heterocycles. The third kappa shape index (κ3) is 3.68. The summed E-state index contributed by atoms with van der Waals surface area (Å²) in [4.78, 5) is 32.5. The number of hydrogen-bond acceptors (Lipinski definition) is 10. The highest BCUT2D eigenvalue weighted by Gasteiger charge is 2.21. The third-order valence-corrected chi connectivity index (χ3v) is 6.49. The van der Waals surface area contributed by atoms with E-state index in [4.69, 9.17) is 0 Å². The summed E-state index contributed by atoms with van der Waals surface area (Å²) in [5.74, 6) is 1.62. The molecule has 4 aromatic heterocycles. The quantitative estimate of drug-likeness (QED) is 0.519. The Balaban J connectivity index is 1.24. The number of carbonyl (C=O) groups excluding carboxylic acids is 1. The topological polar surface area (TPSA) is 100 Å². The molecule has 1 amide bonds. The van der Waals surface area contributed by atoms with E-state index in [-0.39, 0.29) is 5.91 Å². The number of carbonyl (C=O) groups is 1. The largest absolute Gasteiger partial charge is 0.353 e. The van der Waals surface area contributed by atoms with Crippen LogP contribution in [0.15, 0.2) is 36.2 Å². The van der Waals surface area contributed by atoms with Crippen LogP contribution in [0.3, 0.4) is 0 Å². The lowest BCUT2D eigenvalue weighted by molar-refractivity contribution is 0.102. The number of rotatable bonds is 4. The summed E-state index contributed by atoms with van der Waals surface area (Å²) in [6, 6.07) is 5.83. The van der Waals surface area contributed by atoms with E-state index in [0.717, 1.165) is 48.0 Å². The van der Waals surface area contributed by atoms with Crippen LogP contribution in [0.4, 0.5) is 16.8 Å². The Hall–Kier alpha value is -3.18. The van der Waals surface area contributed by atoms with Gasteiger partial charge in [-0.05, 0) is 25.1 Å². The number of nitrogens with one attached hydrogen (secondary N) is 1. The van der Waals surface area contributed by atoms with E-state index in [2.05, 4.69) is 53.3 Å². The molecule has 9 nitrogen and oxygen atoms in total. The number of nitrogens with zero attached hydrogens (tertiary/aromatic N) is 7. The maximum atomic E-state index is 12.3. The van der Waals surface area contributed by atoms with Crippen molar-refractivity contribution in [3.8, 4) is 0 Å². The van der Waals surface area contributed by atoms with Crippen LogP contribution in [0.2, 0.25) is 0 Å². The number of anilines is 3. The Morgan fingerprint density at radius 3 is 2.67 bits per heavy atom. The molecule has 0 aromatic carbocycles. The first-order valence-electron chi connectivity index (χ1n) is 9.42. The van der Waals surface area contributed by atoms with Gasteiger partial charge in [-0.25, -0.2) is 15.0 Å². The Kier molecular flexibility index (Phi) is 4.97. The molecule has 11 heteroatoms. The Bertz CT molecular complexity index is 1170. The molecular formula is C19H18N8OS2. The summed E-state index contributed by atoms with van der Waals surface area (Å²) in [7, 11) is 0. The van der Waals surface area contributed by atoms with Gasteiger partial charge in [0.15, 0.2) is 0 Å². The first kappa shape index (κ1) is 18.8. The van der Waals surface area contributed by atoms with Crippen LogP contribution in [0.25, 0.3) is 10.2 Å². The number of fused-ring (bicyclic) bond motifs is 1. The zero-order valence-corrected chi connectivity index (χ0v) is 17.8. The van der Waals surface area contributed by atoms with Crippen molar-refractivity contribution in [2.24, 2.45) is 0 Å². The number of aromatic nitrogens is 5. The molecule has 0 unspecified atom stereocenters. The molecule has 1 fully saturated rings. The molecule has 0 spiro atoms. The maximum absolute atomic E-state index is 12.3. The lowest BCUT2D eigenvalue weighted by atomic mass is 10.2. The van der Waals surface area contributed by atoms with Gasteiger partial charge in [0.1, 0.15) is 28.3 Å². The van der Waals surface area contributed by atoms with E-state index in [0.29, 0.717) is 10.7 Å². The minimum atomic E-state index is -0.241. The van der Waals surface area contributed by atoms with Crippen LogP contribution >= 0.6 is 22.7 Å². The molecule has 0 saturated carbocycles. The molecule has 0 atom stereocenters. The van der Waals surface area contributed by atoms with Crippen molar-refractivity contribution < 1.29 is 4.79 Å². The molecule has 0 bridgehead atoms. The first-order chi connectivity index (χ1) is 14.7. The average molecular weight is 439 g/mol. The Labute approximate surface area is 180 Å². The molecular weight excluding hydrogens is 420 g/mol. The second-order valence-electron chi connectivity index (χ2n) is 6.85. The lowest BCUT2D eigenvalue weighted by Crippen LogP contribution is -2.47. The van der Waals surface area contributed by atoms with Crippen molar-refractivity contribution in [2.75, 3.05) is 41.3 Å². The van der Waals surface area contributed by atoms with Crippen LogP contribution in [-0.2, 0) is 0 Å². The molecule has 152 valence electrons. The van der Waals surface area contributed by atoms with Crippen molar-refractivity contribution in [1.82, 2.24) is 25.1 Å². The molecule has 1 aliphatic rings.